The third-order valence-electron chi connectivity index (χ3n) is 3.90. The zero-order valence-electron chi connectivity index (χ0n) is 14.1. The van der Waals surface area contributed by atoms with Crippen LogP contribution in [0.4, 0.5) is 17.5 Å². The summed E-state index contributed by atoms with van der Waals surface area (Å²) < 4.78 is 5.33. The van der Waals surface area contributed by atoms with E-state index in [0.29, 0.717) is 46.0 Å². The lowest BCUT2D eigenvalue weighted by Gasteiger charge is -2.36. The molecule has 26 heavy (non-hydrogen) atoms. The van der Waals surface area contributed by atoms with Crippen LogP contribution in [-0.2, 0) is 0 Å². The molecule has 1 amide bonds. The second kappa shape index (κ2) is 7.53. The first-order valence-corrected chi connectivity index (χ1v) is 8.50. The number of halogens is 2. The number of nitrogens with one attached hydrogen (secondary N) is 2. The van der Waals surface area contributed by atoms with Gasteiger partial charge in [0.15, 0.2) is 0 Å². The van der Waals surface area contributed by atoms with Gasteiger partial charge in [-0.05, 0) is 6.07 Å². The van der Waals surface area contributed by atoms with Crippen LogP contribution in [0.15, 0.2) is 18.3 Å². The molecule has 0 saturated carbocycles. The minimum absolute atomic E-state index is 0.249. The summed E-state index contributed by atoms with van der Waals surface area (Å²) in [5.41, 5.74) is 0.802. The summed E-state index contributed by atoms with van der Waals surface area (Å²) in [4.78, 5) is 22.4. The van der Waals surface area contributed by atoms with E-state index < -0.39 is 6.10 Å². The predicted molar refractivity (Wildman–Crippen MR) is 99.8 cm³/mol. The average molecular weight is 398 g/mol. The Bertz CT molecular complexity index is 843. The van der Waals surface area contributed by atoms with E-state index in [-0.39, 0.29) is 11.9 Å². The number of carbonyl (C=O) groups is 1. The van der Waals surface area contributed by atoms with Gasteiger partial charge in [0, 0.05) is 26.2 Å². The third-order valence-corrected chi connectivity index (χ3v) is 4.49. The van der Waals surface area contributed by atoms with Crippen molar-refractivity contribution in [1.82, 2.24) is 14.9 Å². The lowest BCUT2D eigenvalue weighted by atomic mass is 10.1. The van der Waals surface area contributed by atoms with E-state index in [2.05, 4.69) is 20.6 Å². The largest absolute Gasteiger partial charge is 0.496 e. The van der Waals surface area contributed by atoms with Crippen molar-refractivity contribution in [2.24, 2.45) is 0 Å². The highest BCUT2D eigenvalue weighted by Gasteiger charge is 2.31. The molecule has 8 nitrogen and oxygen atoms in total. The number of benzene rings is 1. The lowest BCUT2D eigenvalue weighted by Crippen LogP contribution is -2.53. The maximum atomic E-state index is 12.5. The molecule has 0 radical (unpaired) electrons. The molecule has 0 aliphatic carbocycles. The molecule has 0 spiro atoms. The molecule has 0 unspecified atom stereocenters. The van der Waals surface area contributed by atoms with Crippen LogP contribution in [-0.4, -0.2) is 59.2 Å². The summed E-state index contributed by atoms with van der Waals surface area (Å²) >= 11 is 12.3. The molecule has 3 rings (SSSR count). The van der Waals surface area contributed by atoms with Gasteiger partial charge in [-0.1, -0.05) is 23.2 Å². The van der Waals surface area contributed by atoms with Gasteiger partial charge in [0.2, 0.25) is 5.95 Å². The minimum Gasteiger partial charge on any atom is -0.496 e. The third kappa shape index (κ3) is 3.62. The van der Waals surface area contributed by atoms with Gasteiger partial charge in [-0.15, -0.1) is 0 Å². The number of hydrogen-bond acceptors (Lipinski definition) is 7. The number of methoxy groups -OCH3 is 1. The van der Waals surface area contributed by atoms with Crippen molar-refractivity contribution >= 4 is 46.6 Å². The highest BCUT2D eigenvalue weighted by molar-refractivity contribution is 6.34. The van der Waals surface area contributed by atoms with Gasteiger partial charge in [-0.3, -0.25) is 4.79 Å². The highest BCUT2D eigenvalue weighted by Crippen LogP contribution is 2.34. The number of anilines is 3. The van der Waals surface area contributed by atoms with Crippen LogP contribution in [0.1, 0.15) is 10.4 Å². The lowest BCUT2D eigenvalue weighted by molar-refractivity contribution is 0.00570. The smallest absolute Gasteiger partial charge is 0.257 e. The van der Waals surface area contributed by atoms with Crippen molar-refractivity contribution in [3.05, 3.63) is 33.9 Å². The maximum Gasteiger partial charge on any atom is 0.257 e. The number of aliphatic hydroxyl groups excluding tert-OH is 1. The van der Waals surface area contributed by atoms with Gasteiger partial charge in [0.1, 0.15) is 16.6 Å². The fraction of sp³-hybridized carbons (Fsp3) is 0.312. The van der Waals surface area contributed by atoms with Crippen LogP contribution in [0.5, 0.6) is 5.75 Å². The molecule has 138 valence electrons. The molecule has 0 bridgehead atoms. The molecule has 1 aromatic heterocycles. The first kappa shape index (κ1) is 18.5. The van der Waals surface area contributed by atoms with Gasteiger partial charge in [-0.25, -0.2) is 4.98 Å². The van der Waals surface area contributed by atoms with Crippen LogP contribution in [0.2, 0.25) is 10.0 Å². The highest BCUT2D eigenvalue weighted by atomic mass is 35.5. The van der Waals surface area contributed by atoms with Crippen molar-refractivity contribution in [2.45, 2.75) is 6.10 Å². The second-order valence-electron chi connectivity index (χ2n) is 5.66. The van der Waals surface area contributed by atoms with Crippen molar-refractivity contribution in [2.75, 3.05) is 37.9 Å². The van der Waals surface area contributed by atoms with E-state index in [1.165, 1.54) is 24.3 Å². The molecule has 10 heteroatoms. The Labute approximate surface area is 160 Å². The fourth-order valence-corrected chi connectivity index (χ4v) is 2.90. The number of aromatic nitrogens is 2. The number of carbonyl (C=O) groups excluding carboxylic acids is 1. The number of amides is 1. The SMILES string of the molecule is CNc1nc(Nc2cc(OC)c(C(=O)N3CC(O)C3)cc2Cl)ncc1Cl. The standard InChI is InChI=1S/C16H17Cl2N5O3/c1-19-14-11(18)5-20-16(22-14)21-12-4-13(26-2)9(3-10(12)17)15(25)23-6-8(24)7-23/h3-5,8,24H,6-7H2,1-2H3,(H2,19,20,21,22). The molecule has 2 aromatic rings. The van der Waals surface area contributed by atoms with Crippen molar-refractivity contribution in [3.63, 3.8) is 0 Å². The summed E-state index contributed by atoms with van der Waals surface area (Å²) in [7, 11) is 3.16. The molecule has 0 atom stereocenters. The molecule has 1 aliphatic rings. The summed E-state index contributed by atoms with van der Waals surface area (Å²) in [6.07, 6.45) is 0.978. The number of likely N-dealkylation sites (tertiary alicyclic amines) is 1. The summed E-state index contributed by atoms with van der Waals surface area (Å²) in [6.45, 7) is 0.593. The van der Waals surface area contributed by atoms with E-state index in [0.717, 1.165) is 0 Å². The maximum absolute atomic E-state index is 12.5. The second-order valence-corrected chi connectivity index (χ2v) is 6.48. The van der Waals surface area contributed by atoms with Gasteiger partial charge in [0.25, 0.3) is 5.91 Å². The predicted octanol–water partition coefficient (Wildman–Crippen LogP) is 2.39. The van der Waals surface area contributed by atoms with E-state index in [1.807, 2.05) is 0 Å². The Morgan fingerprint density at radius 3 is 2.69 bits per heavy atom. The summed E-state index contributed by atoms with van der Waals surface area (Å²) in [5, 5.41) is 15.9. The van der Waals surface area contributed by atoms with Crippen LogP contribution in [0, 0.1) is 0 Å². The topological polar surface area (TPSA) is 99.6 Å². The van der Waals surface area contributed by atoms with Crippen LogP contribution in [0.3, 0.4) is 0 Å². The Morgan fingerprint density at radius 1 is 1.35 bits per heavy atom. The molecule has 2 heterocycles. The van der Waals surface area contributed by atoms with E-state index in [1.54, 1.807) is 13.1 Å². The first-order valence-electron chi connectivity index (χ1n) is 7.75. The van der Waals surface area contributed by atoms with Crippen molar-refractivity contribution in [3.8, 4) is 5.75 Å². The summed E-state index contributed by atoms with van der Waals surface area (Å²) in [5.74, 6) is 0.856. The quantitative estimate of drug-likeness (QED) is 0.711. The van der Waals surface area contributed by atoms with Gasteiger partial charge in [-0.2, -0.15) is 4.98 Å². The van der Waals surface area contributed by atoms with Crippen LogP contribution < -0.4 is 15.4 Å². The zero-order chi connectivity index (χ0) is 18.8. The first-order chi connectivity index (χ1) is 12.4. The Hall–Kier alpha value is -2.29. The van der Waals surface area contributed by atoms with Gasteiger partial charge >= 0.3 is 0 Å². The molecular formula is C16H17Cl2N5O3. The normalized spacial score (nSPS) is 14.0. The van der Waals surface area contributed by atoms with E-state index in [9.17, 15) is 9.90 Å². The molecular weight excluding hydrogens is 381 g/mol. The number of nitrogens with zero attached hydrogens (tertiary/aromatic N) is 3. The fourth-order valence-electron chi connectivity index (χ4n) is 2.50. The Kier molecular flexibility index (Phi) is 5.36. The number of hydrogen-bond donors (Lipinski definition) is 3. The average Bonchev–Trinajstić information content (AvgIpc) is 2.61. The molecule has 1 aliphatic heterocycles. The van der Waals surface area contributed by atoms with E-state index >= 15 is 0 Å². The number of β-amino-alcohol motifs (C(OH)–C–C–N with tert-alkyl or cyclic N) is 1. The monoisotopic (exact) mass is 397 g/mol. The molecule has 1 aromatic carbocycles. The van der Waals surface area contributed by atoms with Gasteiger partial charge < -0.3 is 25.4 Å². The molecule has 3 N–H and O–H groups in total. The summed E-state index contributed by atoms with van der Waals surface area (Å²) in [6, 6.07) is 3.12. The van der Waals surface area contributed by atoms with Crippen molar-refractivity contribution in [1.29, 1.82) is 0 Å². The van der Waals surface area contributed by atoms with Crippen LogP contribution >= 0.6 is 23.2 Å². The number of ether oxygens (including phenoxy) is 1. The van der Waals surface area contributed by atoms with Crippen LogP contribution in [0.25, 0.3) is 0 Å². The Balaban J connectivity index is 1.88. The molecule has 1 saturated heterocycles. The van der Waals surface area contributed by atoms with E-state index in [4.69, 9.17) is 27.9 Å². The minimum atomic E-state index is -0.482. The number of aliphatic hydroxyl groups is 1. The number of rotatable bonds is 5. The zero-order valence-corrected chi connectivity index (χ0v) is 15.6. The Morgan fingerprint density at radius 2 is 2.08 bits per heavy atom. The molecule has 1 fully saturated rings. The van der Waals surface area contributed by atoms with Gasteiger partial charge in [0.05, 0.1) is 35.7 Å². The van der Waals surface area contributed by atoms with Crippen molar-refractivity contribution < 1.29 is 14.6 Å².